The second-order valence-electron chi connectivity index (χ2n) is 4.08. The molecule has 0 atom stereocenters. The molecule has 0 aliphatic heterocycles. The first-order valence-corrected chi connectivity index (χ1v) is 6.19. The van der Waals surface area contributed by atoms with Crippen LogP contribution in [0, 0.1) is 6.92 Å². The van der Waals surface area contributed by atoms with Crippen LogP contribution in [0.3, 0.4) is 0 Å². The summed E-state index contributed by atoms with van der Waals surface area (Å²) in [5.74, 6) is -0.106. The molecule has 94 valence electrons. The Labute approximate surface area is 111 Å². The first-order chi connectivity index (χ1) is 8.65. The molecule has 0 bridgehead atoms. The molecule has 2 aromatic rings. The molecule has 2 rings (SSSR count). The number of carbonyl (C=O) groups is 1. The quantitative estimate of drug-likeness (QED) is 0.797. The fraction of sp³-hybridized carbons (Fsp3) is 0.308. The minimum atomic E-state index is -0.106. The Morgan fingerprint density at radius 2 is 2.22 bits per heavy atom. The van der Waals surface area contributed by atoms with Crippen molar-refractivity contribution >= 4 is 17.4 Å². The second-order valence-corrected chi connectivity index (χ2v) is 4.49. The molecule has 0 unspecified atom stereocenters. The fourth-order valence-electron chi connectivity index (χ4n) is 1.83. The number of pyridine rings is 1. The molecule has 0 saturated carbocycles. The minimum absolute atomic E-state index is 0.106. The summed E-state index contributed by atoms with van der Waals surface area (Å²) in [4.78, 5) is 16.5. The topological polar surface area (TPSA) is 47.8 Å². The fourth-order valence-corrected chi connectivity index (χ4v) is 2.05. The summed E-state index contributed by atoms with van der Waals surface area (Å²) in [5.41, 5.74) is 1.90. The Bertz CT molecular complexity index is 577. The van der Waals surface area contributed by atoms with Crippen LogP contribution in [0.4, 0.5) is 0 Å². The van der Waals surface area contributed by atoms with Gasteiger partial charge in [-0.15, -0.1) is 0 Å². The van der Waals surface area contributed by atoms with E-state index in [0.717, 1.165) is 12.0 Å². The monoisotopic (exact) mass is 263 g/mol. The van der Waals surface area contributed by atoms with Crippen LogP contribution in [0.1, 0.15) is 35.0 Å². The average molecular weight is 264 g/mol. The molecule has 18 heavy (non-hydrogen) atoms. The van der Waals surface area contributed by atoms with Gasteiger partial charge in [0.1, 0.15) is 5.69 Å². The van der Waals surface area contributed by atoms with Crippen LogP contribution in [0.15, 0.2) is 24.7 Å². The van der Waals surface area contributed by atoms with Gasteiger partial charge in [0.25, 0.3) is 0 Å². The van der Waals surface area contributed by atoms with E-state index in [4.69, 9.17) is 11.6 Å². The Kier molecular flexibility index (Phi) is 3.77. The van der Waals surface area contributed by atoms with Crippen LogP contribution in [-0.4, -0.2) is 20.5 Å². The lowest BCUT2D eigenvalue weighted by molar-refractivity contribution is 0.102. The number of hydrogen-bond acceptors (Lipinski definition) is 3. The van der Waals surface area contributed by atoms with Crippen molar-refractivity contribution < 1.29 is 4.79 Å². The van der Waals surface area contributed by atoms with E-state index in [-0.39, 0.29) is 5.78 Å². The van der Waals surface area contributed by atoms with E-state index in [1.165, 1.54) is 6.20 Å². The predicted molar refractivity (Wildman–Crippen MR) is 69.9 cm³/mol. The van der Waals surface area contributed by atoms with Gasteiger partial charge in [-0.2, -0.15) is 5.10 Å². The lowest BCUT2D eigenvalue weighted by Crippen LogP contribution is -2.13. The van der Waals surface area contributed by atoms with Crippen molar-refractivity contribution in [2.45, 2.75) is 26.8 Å². The second kappa shape index (κ2) is 5.31. The van der Waals surface area contributed by atoms with Crippen LogP contribution in [0.5, 0.6) is 0 Å². The van der Waals surface area contributed by atoms with E-state index in [1.807, 2.05) is 13.8 Å². The van der Waals surface area contributed by atoms with Crippen molar-refractivity contribution in [1.29, 1.82) is 0 Å². The maximum absolute atomic E-state index is 12.5. The number of ketones is 1. The standard InChI is InChI=1S/C13H14ClN3O/c1-3-6-17-12(11(14)8-16-17)13(18)10-4-5-15-7-9(10)2/h4-5,7-8H,3,6H2,1-2H3. The number of nitrogens with zero attached hydrogens (tertiary/aromatic N) is 3. The zero-order chi connectivity index (χ0) is 13.1. The van der Waals surface area contributed by atoms with Crippen LogP contribution in [0.25, 0.3) is 0 Å². The van der Waals surface area contributed by atoms with Gasteiger partial charge in [0.05, 0.1) is 11.2 Å². The molecule has 5 heteroatoms. The van der Waals surface area contributed by atoms with E-state index in [9.17, 15) is 4.79 Å². The van der Waals surface area contributed by atoms with Gasteiger partial charge >= 0.3 is 0 Å². The van der Waals surface area contributed by atoms with Gasteiger partial charge in [-0.25, -0.2) is 0 Å². The highest BCUT2D eigenvalue weighted by atomic mass is 35.5. The van der Waals surface area contributed by atoms with Gasteiger partial charge in [0.2, 0.25) is 5.78 Å². The molecule has 0 amide bonds. The summed E-state index contributed by atoms with van der Waals surface area (Å²) in [6.45, 7) is 4.56. The van der Waals surface area contributed by atoms with Crippen molar-refractivity contribution in [1.82, 2.24) is 14.8 Å². The van der Waals surface area contributed by atoms with E-state index in [1.54, 1.807) is 23.1 Å². The van der Waals surface area contributed by atoms with Gasteiger partial charge in [-0.3, -0.25) is 14.5 Å². The first-order valence-electron chi connectivity index (χ1n) is 5.81. The van der Waals surface area contributed by atoms with E-state index < -0.39 is 0 Å². The number of hydrogen-bond donors (Lipinski definition) is 0. The number of aromatic nitrogens is 3. The van der Waals surface area contributed by atoms with Crippen LogP contribution in [0.2, 0.25) is 5.02 Å². The zero-order valence-electron chi connectivity index (χ0n) is 10.4. The first kappa shape index (κ1) is 12.8. The van der Waals surface area contributed by atoms with Gasteiger partial charge in [0.15, 0.2) is 0 Å². The highest BCUT2D eigenvalue weighted by Gasteiger charge is 2.20. The maximum Gasteiger partial charge on any atom is 0.212 e. The third kappa shape index (κ3) is 2.29. The highest BCUT2D eigenvalue weighted by molar-refractivity contribution is 6.34. The molecule has 0 saturated heterocycles. The Morgan fingerprint density at radius 3 is 2.89 bits per heavy atom. The summed E-state index contributed by atoms with van der Waals surface area (Å²) >= 11 is 6.06. The molecule has 4 nitrogen and oxygen atoms in total. The molecule has 2 aromatic heterocycles. The van der Waals surface area contributed by atoms with Crippen LogP contribution in [-0.2, 0) is 6.54 Å². The van der Waals surface area contributed by atoms with Gasteiger partial charge in [-0.1, -0.05) is 18.5 Å². The summed E-state index contributed by atoms with van der Waals surface area (Å²) in [7, 11) is 0. The van der Waals surface area contributed by atoms with Gasteiger partial charge < -0.3 is 0 Å². The van der Waals surface area contributed by atoms with Crippen LogP contribution >= 0.6 is 11.6 Å². The number of halogens is 1. The molecule has 0 spiro atoms. The third-order valence-corrected chi connectivity index (χ3v) is 2.99. The summed E-state index contributed by atoms with van der Waals surface area (Å²) < 4.78 is 1.66. The summed E-state index contributed by atoms with van der Waals surface area (Å²) in [6.07, 6.45) is 5.69. The minimum Gasteiger partial charge on any atom is -0.287 e. The Hall–Kier alpha value is -1.68. The number of aryl methyl sites for hydroxylation is 2. The van der Waals surface area contributed by atoms with E-state index >= 15 is 0 Å². The Balaban J connectivity index is 2.46. The molecule has 0 N–H and O–H groups in total. The van der Waals surface area contributed by atoms with Crippen LogP contribution < -0.4 is 0 Å². The number of rotatable bonds is 4. The number of carbonyl (C=O) groups excluding carboxylic acids is 1. The maximum atomic E-state index is 12.5. The average Bonchev–Trinajstić information content (AvgIpc) is 2.71. The molecule has 0 radical (unpaired) electrons. The normalized spacial score (nSPS) is 10.6. The van der Waals surface area contributed by atoms with Crippen molar-refractivity contribution in [2.75, 3.05) is 0 Å². The van der Waals surface area contributed by atoms with Crippen molar-refractivity contribution in [3.8, 4) is 0 Å². The molecular weight excluding hydrogens is 250 g/mol. The smallest absolute Gasteiger partial charge is 0.212 e. The molecule has 0 fully saturated rings. The van der Waals surface area contributed by atoms with Gasteiger partial charge in [0, 0.05) is 24.5 Å². The lowest BCUT2D eigenvalue weighted by Gasteiger charge is -2.07. The predicted octanol–water partition coefficient (Wildman–Crippen LogP) is 2.88. The molecule has 0 aliphatic rings. The van der Waals surface area contributed by atoms with Crippen molar-refractivity contribution in [3.63, 3.8) is 0 Å². The Morgan fingerprint density at radius 1 is 1.44 bits per heavy atom. The molecule has 0 aliphatic carbocycles. The van der Waals surface area contributed by atoms with Crippen molar-refractivity contribution in [3.05, 3.63) is 46.5 Å². The van der Waals surface area contributed by atoms with Gasteiger partial charge in [-0.05, 0) is 25.0 Å². The van der Waals surface area contributed by atoms with E-state index in [0.29, 0.717) is 22.8 Å². The lowest BCUT2D eigenvalue weighted by atomic mass is 10.1. The van der Waals surface area contributed by atoms with Crippen molar-refractivity contribution in [2.24, 2.45) is 0 Å². The third-order valence-electron chi connectivity index (χ3n) is 2.71. The molecular formula is C13H14ClN3O. The zero-order valence-corrected chi connectivity index (χ0v) is 11.1. The summed E-state index contributed by atoms with van der Waals surface area (Å²) in [5, 5.41) is 4.52. The molecule has 0 aromatic carbocycles. The van der Waals surface area contributed by atoms with E-state index in [2.05, 4.69) is 10.1 Å². The largest absolute Gasteiger partial charge is 0.287 e. The summed E-state index contributed by atoms with van der Waals surface area (Å²) in [6, 6.07) is 1.71. The SMILES string of the molecule is CCCn1ncc(Cl)c1C(=O)c1ccncc1C. The highest BCUT2D eigenvalue weighted by Crippen LogP contribution is 2.20. The molecule has 2 heterocycles.